The highest BCUT2D eigenvalue weighted by Crippen LogP contribution is 2.23. The average molecular weight is 371 g/mol. The highest BCUT2D eigenvalue weighted by Gasteiger charge is 2.24. The highest BCUT2D eigenvalue weighted by atomic mass is 16.2. The van der Waals surface area contributed by atoms with Crippen molar-refractivity contribution in [1.82, 2.24) is 10.2 Å². The van der Waals surface area contributed by atoms with Crippen molar-refractivity contribution >= 4 is 11.8 Å². The van der Waals surface area contributed by atoms with Gasteiger partial charge in [-0.15, -0.1) is 0 Å². The number of nitrogens with zero attached hydrogens (tertiary/aromatic N) is 1. The van der Waals surface area contributed by atoms with Gasteiger partial charge in [-0.2, -0.15) is 0 Å². The Hall–Kier alpha value is -1.84. The van der Waals surface area contributed by atoms with Crippen LogP contribution in [-0.2, 0) is 22.4 Å². The summed E-state index contributed by atoms with van der Waals surface area (Å²) in [5.41, 5.74) is 2.60. The van der Waals surface area contributed by atoms with Crippen LogP contribution >= 0.6 is 0 Å². The standard InChI is InChI=1S/C23H34N2O2/c1-17(2)15-23(27)25-13-11-20(12-14-25)16-19-5-3-18(4-6-19)7-10-22(26)24-21-8-9-21/h3-6,17,20-21H,7-16H2,1-2H3,(H,24,26). The number of hydrogen-bond donors (Lipinski definition) is 1. The van der Waals surface area contributed by atoms with Gasteiger partial charge in [0.1, 0.15) is 0 Å². The number of piperidine rings is 1. The first-order valence-electron chi connectivity index (χ1n) is 10.6. The maximum Gasteiger partial charge on any atom is 0.222 e. The van der Waals surface area contributed by atoms with E-state index in [1.807, 2.05) is 4.90 Å². The lowest BCUT2D eigenvalue weighted by atomic mass is 9.89. The number of amides is 2. The molecule has 4 nitrogen and oxygen atoms in total. The molecule has 2 amide bonds. The Morgan fingerprint density at radius 2 is 1.67 bits per heavy atom. The molecular weight excluding hydrogens is 336 g/mol. The minimum absolute atomic E-state index is 0.181. The van der Waals surface area contributed by atoms with Gasteiger partial charge in [0, 0.05) is 32.0 Å². The zero-order valence-electron chi connectivity index (χ0n) is 16.9. The van der Waals surface area contributed by atoms with Crippen molar-refractivity contribution in [3.8, 4) is 0 Å². The van der Waals surface area contributed by atoms with Crippen molar-refractivity contribution in [2.45, 2.75) is 71.3 Å². The second-order valence-electron chi connectivity index (χ2n) is 8.78. The van der Waals surface area contributed by atoms with Gasteiger partial charge in [0.2, 0.25) is 11.8 Å². The Kier molecular flexibility index (Phi) is 6.92. The van der Waals surface area contributed by atoms with Gasteiger partial charge in [-0.25, -0.2) is 0 Å². The first kappa shape index (κ1) is 19.9. The van der Waals surface area contributed by atoms with Crippen LogP contribution in [0, 0.1) is 11.8 Å². The highest BCUT2D eigenvalue weighted by molar-refractivity contribution is 5.77. The predicted octanol–water partition coefficient (Wildman–Crippen LogP) is 3.73. The molecule has 1 aromatic rings. The molecule has 1 saturated carbocycles. The van der Waals surface area contributed by atoms with Crippen LogP contribution < -0.4 is 5.32 Å². The first-order chi connectivity index (χ1) is 13.0. The number of carbonyl (C=O) groups is 2. The van der Waals surface area contributed by atoms with E-state index in [0.29, 0.717) is 36.6 Å². The van der Waals surface area contributed by atoms with E-state index in [2.05, 4.69) is 43.4 Å². The lowest BCUT2D eigenvalue weighted by molar-refractivity contribution is -0.133. The minimum atomic E-state index is 0.181. The molecule has 148 valence electrons. The maximum atomic E-state index is 12.2. The third kappa shape index (κ3) is 6.67. The summed E-state index contributed by atoms with van der Waals surface area (Å²) in [5, 5.41) is 3.04. The second kappa shape index (κ2) is 9.38. The van der Waals surface area contributed by atoms with E-state index in [1.54, 1.807) is 0 Å². The Bertz CT molecular complexity index is 626. The summed E-state index contributed by atoms with van der Waals surface area (Å²) in [6.45, 7) is 6.02. The molecule has 2 fully saturated rings. The maximum absolute atomic E-state index is 12.2. The van der Waals surface area contributed by atoms with Gasteiger partial charge in [0.15, 0.2) is 0 Å². The minimum Gasteiger partial charge on any atom is -0.353 e. The summed E-state index contributed by atoms with van der Waals surface area (Å²) in [7, 11) is 0. The molecule has 4 heteroatoms. The number of rotatable bonds is 8. The van der Waals surface area contributed by atoms with E-state index in [1.165, 1.54) is 11.1 Å². The Balaban J connectivity index is 1.38. The Morgan fingerprint density at radius 1 is 1.04 bits per heavy atom. The topological polar surface area (TPSA) is 49.4 Å². The molecule has 0 unspecified atom stereocenters. The molecule has 1 aromatic carbocycles. The molecule has 1 N–H and O–H groups in total. The fourth-order valence-corrected chi connectivity index (χ4v) is 3.83. The largest absolute Gasteiger partial charge is 0.353 e. The molecule has 3 rings (SSSR count). The average Bonchev–Trinajstić information content (AvgIpc) is 3.45. The van der Waals surface area contributed by atoms with Gasteiger partial charge in [-0.1, -0.05) is 38.1 Å². The van der Waals surface area contributed by atoms with Crippen LogP contribution in [0.5, 0.6) is 0 Å². The first-order valence-corrected chi connectivity index (χ1v) is 10.6. The number of hydrogen-bond acceptors (Lipinski definition) is 2. The summed E-state index contributed by atoms with van der Waals surface area (Å²) in [6.07, 6.45) is 7.66. The van der Waals surface area contributed by atoms with E-state index >= 15 is 0 Å². The predicted molar refractivity (Wildman–Crippen MR) is 108 cm³/mol. The molecule has 0 spiro atoms. The van der Waals surface area contributed by atoms with E-state index in [0.717, 1.165) is 51.6 Å². The lowest BCUT2D eigenvalue weighted by Gasteiger charge is -2.32. The second-order valence-corrected chi connectivity index (χ2v) is 8.78. The molecule has 1 saturated heterocycles. The van der Waals surface area contributed by atoms with E-state index in [-0.39, 0.29) is 5.91 Å². The molecule has 2 aliphatic rings. The lowest BCUT2D eigenvalue weighted by Crippen LogP contribution is -2.39. The van der Waals surface area contributed by atoms with Crippen LogP contribution in [0.4, 0.5) is 0 Å². The molecule has 1 heterocycles. The third-order valence-corrected chi connectivity index (χ3v) is 5.68. The van der Waals surface area contributed by atoms with Crippen molar-refractivity contribution in [1.29, 1.82) is 0 Å². The van der Waals surface area contributed by atoms with Crippen LogP contribution in [0.15, 0.2) is 24.3 Å². The van der Waals surface area contributed by atoms with Crippen molar-refractivity contribution in [2.24, 2.45) is 11.8 Å². The monoisotopic (exact) mass is 370 g/mol. The van der Waals surface area contributed by atoms with Gasteiger partial charge in [0.05, 0.1) is 0 Å². The molecular formula is C23H34N2O2. The van der Waals surface area contributed by atoms with E-state index < -0.39 is 0 Å². The molecule has 1 aliphatic heterocycles. The van der Waals surface area contributed by atoms with Gasteiger partial charge in [-0.05, 0) is 61.5 Å². The number of nitrogens with one attached hydrogen (secondary N) is 1. The summed E-state index contributed by atoms with van der Waals surface area (Å²) in [4.78, 5) is 26.0. The molecule has 27 heavy (non-hydrogen) atoms. The number of likely N-dealkylation sites (tertiary alicyclic amines) is 1. The third-order valence-electron chi connectivity index (χ3n) is 5.68. The fraction of sp³-hybridized carbons (Fsp3) is 0.652. The van der Waals surface area contributed by atoms with Gasteiger partial charge in [0.25, 0.3) is 0 Å². The summed E-state index contributed by atoms with van der Waals surface area (Å²) in [5.74, 6) is 1.61. The van der Waals surface area contributed by atoms with Gasteiger partial charge in [-0.3, -0.25) is 9.59 Å². The van der Waals surface area contributed by atoms with Crippen LogP contribution in [-0.4, -0.2) is 35.8 Å². The van der Waals surface area contributed by atoms with Gasteiger partial charge >= 0.3 is 0 Å². The van der Waals surface area contributed by atoms with Crippen molar-refractivity contribution < 1.29 is 9.59 Å². The molecule has 0 radical (unpaired) electrons. The van der Waals surface area contributed by atoms with Crippen LogP contribution in [0.1, 0.15) is 63.5 Å². The molecule has 1 aliphatic carbocycles. The summed E-state index contributed by atoms with van der Waals surface area (Å²) >= 11 is 0. The zero-order chi connectivity index (χ0) is 19.2. The quantitative estimate of drug-likeness (QED) is 0.758. The number of benzene rings is 1. The Morgan fingerprint density at radius 3 is 2.26 bits per heavy atom. The van der Waals surface area contributed by atoms with Crippen molar-refractivity contribution in [3.05, 3.63) is 35.4 Å². The van der Waals surface area contributed by atoms with Gasteiger partial charge < -0.3 is 10.2 Å². The van der Waals surface area contributed by atoms with E-state index in [9.17, 15) is 9.59 Å². The van der Waals surface area contributed by atoms with Crippen LogP contribution in [0.25, 0.3) is 0 Å². The normalized spacial score (nSPS) is 18.0. The summed E-state index contributed by atoms with van der Waals surface area (Å²) < 4.78 is 0. The van der Waals surface area contributed by atoms with Crippen molar-refractivity contribution in [3.63, 3.8) is 0 Å². The molecule has 0 atom stereocenters. The smallest absolute Gasteiger partial charge is 0.222 e. The van der Waals surface area contributed by atoms with E-state index in [4.69, 9.17) is 0 Å². The van der Waals surface area contributed by atoms with Crippen molar-refractivity contribution in [2.75, 3.05) is 13.1 Å². The summed E-state index contributed by atoms with van der Waals surface area (Å²) in [6, 6.07) is 9.21. The SMILES string of the molecule is CC(C)CC(=O)N1CCC(Cc2ccc(CCC(=O)NC3CC3)cc2)CC1. The molecule has 0 bridgehead atoms. The zero-order valence-corrected chi connectivity index (χ0v) is 16.9. The number of aryl methyl sites for hydroxylation is 1. The number of carbonyl (C=O) groups excluding carboxylic acids is 2. The van der Waals surface area contributed by atoms with Crippen LogP contribution in [0.2, 0.25) is 0 Å². The Labute approximate surface area is 163 Å². The molecule has 0 aromatic heterocycles. The van der Waals surface area contributed by atoms with Crippen LogP contribution in [0.3, 0.4) is 0 Å². The fourth-order valence-electron chi connectivity index (χ4n) is 3.83.